The molecule has 0 spiro atoms. The van der Waals surface area contributed by atoms with Gasteiger partial charge in [-0.15, -0.1) is 0 Å². The van der Waals surface area contributed by atoms with E-state index in [1.807, 2.05) is 6.92 Å². The first-order chi connectivity index (χ1) is 12.5. The first kappa shape index (κ1) is 20.8. The van der Waals surface area contributed by atoms with Gasteiger partial charge in [0.15, 0.2) is 11.5 Å². The van der Waals surface area contributed by atoms with Crippen molar-refractivity contribution in [2.24, 2.45) is 5.41 Å². The summed E-state index contributed by atoms with van der Waals surface area (Å²) in [5, 5.41) is 10.2. The van der Waals surface area contributed by atoms with E-state index in [0.717, 1.165) is 24.9 Å². The molecule has 0 saturated carbocycles. The normalized spacial score (nSPS) is 20.8. The number of halogens is 1. The lowest BCUT2D eigenvalue weighted by atomic mass is 9.77. The fourth-order valence-corrected chi connectivity index (χ4v) is 3.78. The molecule has 1 heterocycles. The molecule has 1 N–H and O–H groups in total. The molecule has 146 valence electrons. The number of ether oxygens (including phenoxy) is 3. The molecule has 0 radical (unpaired) electrons. The van der Waals surface area contributed by atoms with Crippen molar-refractivity contribution >= 4 is 17.6 Å². The van der Waals surface area contributed by atoms with Gasteiger partial charge in [-0.2, -0.15) is 0 Å². The van der Waals surface area contributed by atoms with Crippen molar-refractivity contribution < 1.29 is 24.1 Å². The predicted molar refractivity (Wildman–Crippen MR) is 99.7 cm³/mol. The topological polar surface area (TPSA) is 68.2 Å². The molecule has 0 aromatic heterocycles. The van der Waals surface area contributed by atoms with Crippen LogP contribution in [-0.2, 0) is 20.8 Å². The van der Waals surface area contributed by atoms with E-state index < -0.39 is 5.41 Å². The standard InChI is InChI=1S/C19H28ClNO5/c1-4-26-18(23)19(7-9-24-2)6-5-8-21(13-19)12-14-10-15(20)17(22)16(11-14)25-3/h10-11,22H,4-9,12-13H2,1-3H3/t19-/m0/s1. The van der Waals surface area contributed by atoms with Gasteiger partial charge in [0.25, 0.3) is 0 Å². The quantitative estimate of drug-likeness (QED) is 0.693. The minimum absolute atomic E-state index is 0.0578. The molecule has 1 atom stereocenters. The molecule has 2 rings (SSSR count). The summed E-state index contributed by atoms with van der Waals surface area (Å²) in [6.07, 6.45) is 2.34. The Morgan fingerprint density at radius 3 is 2.81 bits per heavy atom. The Hall–Kier alpha value is -1.50. The molecule has 0 amide bonds. The number of phenolic OH excluding ortho intramolecular Hbond substituents is 1. The van der Waals surface area contributed by atoms with E-state index >= 15 is 0 Å². The smallest absolute Gasteiger partial charge is 0.313 e. The number of benzene rings is 1. The largest absolute Gasteiger partial charge is 0.503 e. The van der Waals surface area contributed by atoms with Crippen LogP contribution in [0.3, 0.4) is 0 Å². The average Bonchev–Trinajstić information content (AvgIpc) is 2.63. The Morgan fingerprint density at radius 2 is 2.15 bits per heavy atom. The third-order valence-electron chi connectivity index (χ3n) is 4.86. The Balaban J connectivity index is 2.17. The lowest BCUT2D eigenvalue weighted by Gasteiger charge is -2.41. The lowest BCUT2D eigenvalue weighted by molar-refractivity contribution is -0.160. The molecular formula is C19H28ClNO5. The Kier molecular flexibility index (Phi) is 7.55. The zero-order valence-electron chi connectivity index (χ0n) is 15.7. The van der Waals surface area contributed by atoms with E-state index in [-0.39, 0.29) is 16.7 Å². The third-order valence-corrected chi connectivity index (χ3v) is 5.15. The average molecular weight is 386 g/mol. The van der Waals surface area contributed by atoms with Gasteiger partial charge < -0.3 is 19.3 Å². The molecule has 0 aliphatic carbocycles. The number of hydrogen-bond donors (Lipinski definition) is 1. The van der Waals surface area contributed by atoms with E-state index in [1.165, 1.54) is 7.11 Å². The predicted octanol–water partition coefficient (Wildman–Crippen LogP) is 3.24. The molecule has 7 heteroatoms. The van der Waals surface area contributed by atoms with Gasteiger partial charge >= 0.3 is 5.97 Å². The van der Waals surface area contributed by atoms with Crippen LogP contribution in [0.25, 0.3) is 0 Å². The maximum atomic E-state index is 12.6. The van der Waals surface area contributed by atoms with Gasteiger partial charge in [-0.05, 0) is 50.4 Å². The number of rotatable bonds is 8. The maximum Gasteiger partial charge on any atom is 0.313 e. The van der Waals surface area contributed by atoms with Crippen molar-refractivity contribution in [2.75, 3.05) is 40.5 Å². The molecule has 0 unspecified atom stereocenters. The highest BCUT2D eigenvalue weighted by Gasteiger charge is 2.43. The summed E-state index contributed by atoms with van der Waals surface area (Å²) in [7, 11) is 3.14. The number of likely N-dealkylation sites (tertiary alicyclic amines) is 1. The number of methoxy groups -OCH3 is 2. The van der Waals surface area contributed by atoms with Crippen molar-refractivity contribution in [3.8, 4) is 11.5 Å². The van der Waals surface area contributed by atoms with E-state index in [9.17, 15) is 9.90 Å². The van der Waals surface area contributed by atoms with Crippen molar-refractivity contribution in [2.45, 2.75) is 32.7 Å². The van der Waals surface area contributed by atoms with E-state index in [0.29, 0.717) is 38.5 Å². The van der Waals surface area contributed by atoms with E-state index in [2.05, 4.69) is 4.90 Å². The van der Waals surface area contributed by atoms with Gasteiger partial charge in [0.1, 0.15) is 0 Å². The van der Waals surface area contributed by atoms with Crippen molar-refractivity contribution in [1.82, 2.24) is 4.90 Å². The molecule has 1 saturated heterocycles. The van der Waals surface area contributed by atoms with Gasteiger partial charge in [-0.3, -0.25) is 9.69 Å². The van der Waals surface area contributed by atoms with Crippen LogP contribution in [0.1, 0.15) is 31.7 Å². The van der Waals surface area contributed by atoms with Gasteiger partial charge in [-0.1, -0.05) is 11.6 Å². The van der Waals surface area contributed by atoms with Crippen LogP contribution in [0.4, 0.5) is 0 Å². The number of nitrogens with zero attached hydrogens (tertiary/aromatic N) is 1. The van der Waals surface area contributed by atoms with Crippen LogP contribution in [0.5, 0.6) is 11.5 Å². The minimum Gasteiger partial charge on any atom is -0.503 e. The highest BCUT2D eigenvalue weighted by Crippen LogP contribution is 2.38. The second kappa shape index (κ2) is 9.44. The highest BCUT2D eigenvalue weighted by molar-refractivity contribution is 6.32. The van der Waals surface area contributed by atoms with Crippen LogP contribution in [0.15, 0.2) is 12.1 Å². The number of carbonyl (C=O) groups excluding carboxylic acids is 1. The first-order valence-electron chi connectivity index (χ1n) is 8.89. The van der Waals surface area contributed by atoms with Crippen molar-refractivity contribution in [3.05, 3.63) is 22.7 Å². The van der Waals surface area contributed by atoms with Crippen LogP contribution >= 0.6 is 11.6 Å². The van der Waals surface area contributed by atoms with Crippen LogP contribution < -0.4 is 4.74 Å². The highest BCUT2D eigenvalue weighted by atomic mass is 35.5. The third kappa shape index (κ3) is 4.81. The van der Waals surface area contributed by atoms with Crippen LogP contribution in [0, 0.1) is 5.41 Å². The summed E-state index contributed by atoms with van der Waals surface area (Å²) in [5.41, 5.74) is 0.380. The number of phenols is 1. The van der Waals surface area contributed by atoms with Gasteiger partial charge in [0, 0.05) is 26.8 Å². The molecule has 1 aromatic rings. The van der Waals surface area contributed by atoms with E-state index in [1.54, 1.807) is 19.2 Å². The molecule has 1 aromatic carbocycles. The molecule has 1 aliphatic rings. The lowest BCUT2D eigenvalue weighted by Crippen LogP contribution is -2.48. The first-order valence-corrected chi connectivity index (χ1v) is 9.27. The molecule has 26 heavy (non-hydrogen) atoms. The number of hydrogen-bond acceptors (Lipinski definition) is 6. The number of piperidine rings is 1. The molecule has 6 nitrogen and oxygen atoms in total. The Bertz CT molecular complexity index is 624. The minimum atomic E-state index is -0.547. The summed E-state index contributed by atoms with van der Waals surface area (Å²) < 4.78 is 15.8. The number of aromatic hydroxyl groups is 1. The van der Waals surface area contributed by atoms with Gasteiger partial charge in [0.2, 0.25) is 0 Å². The summed E-state index contributed by atoms with van der Waals surface area (Å²) >= 11 is 6.09. The number of esters is 1. The summed E-state index contributed by atoms with van der Waals surface area (Å²) in [4.78, 5) is 14.9. The molecule has 1 aliphatic heterocycles. The Labute approximate surface area is 160 Å². The van der Waals surface area contributed by atoms with Gasteiger partial charge in [-0.25, -0.2) is 0 Å². The monoisotopic (exact) mass is 385 g/mol. The van der Waals surface area contributed by atoms with Crippen molar-refractivity contribution in [1.29, 1.82) is 0 Å². The van der Waals surface area contributed by atoms with E-state index in [4.69, 9.17) is 25.8 Å². The zero-order valence-corrected chi connectivity index (χ0v) is 16.5. The summed E-state index contributed by atoms with van der Waals surface area (Å²) in [6, 6.07) is 3.51. The SMILES string of the molecule is CCOC(=O)[C@]1(CCOC)CCCN(Cc2cc(Cl)c(O)c(OC)c2)C1. The molecular weight excluding hydrogens is 358 g/mol. The second-order valence-electron chi connectivity index (χ2n) is 6.69. The zero-order chi connectivity index (χ0) is 19.2. The fraction of sp³-hybridized carbons (Fsp3) is 0.632. The van der Waals surface area contributed by atoms with Gasteiger partial charge in [0.05, 0.1) is 24.2 Å². The molecule has 1 fully saturated rings. The number of carbonyl (C=O) groups is 1. The maximum absolute atomic E-state index is 12.6. The fourth-order valence-electron chi connectivity index (χ4n) is 3.55. The van der Waals surface area contributed by atoms with Crippen LogP contribution in [-0.4, -0.2) is 56.5 Å². The summed E-state index contributed by atoms with van der Waals surface area (Å²) in [6.45, 7) is 4.83. The summed E-state index contributed by atoms with van der Waals surface area (Å²) in [5.74, 6) is 0.140. The molecule has 0 bridgehead atoms. The van der Waals surface area contributed by atoms with Crippen molar-refractivity contribution in [3.63, 3.8) is 0 Å². The van der Waals surface area contributed by atoms with Crippen LogP contribution in [0.2, 0.25) is 5.02 Å². The second-order valence-corrected chi connectivity index (χ2v) is 7.09. The Morgan fingerprint density at radius 1 is 1.38 bits per heavy atom.